The highest BCUT2D eigenvalue weighted by Gasteiger charge is 2.13. The predicted molar refractivity (Wildman–Crippen MR) is 162 cm³/mol. The van der Waals surface area contributed by atoms with Gasteiger partial charge in [-0.05, 0) is 81.9 Å². The fourth-order valence-electron chi connectivity index (χ4n) is 4.79. The molecular formula is C36H28N2. The Morgan fingerprint density at radius 1 is 0.289 bits per heavy atom. The third-order valence-corrected chi connectivity index (χ3v) is 6.83. The van der Waals surface area contributed by atoms with Crippen LogP contribution in [0.5, 0.6) is 0 Å². The van der Waals surface area contributed by atoms with Crippen molar-refractivity contribution in [3.8, 4) is 33.4 Å². The molecule has 0 heterocycles. The fraction of sp³-hybridized carbons (Fsp3) is 0. The predicted octanol–water partition coefficient (Wildman–Crippen LogP) is 9.74. The van der Waals surface area contributed by atoms with Gasteiger partial charge in [0.15, 0.2) is 0 Å². The monoisotopic (exact) mass is 488 g/mol. The van der Waals surface area contributed by atoms with E-state index in [-0.39, 0.29) is 0 Å². The number of rotatable bonds is 6. The zero-order valence-corrected chi connectivity index (χ0v) is 21.0. The quantitative estimate of drug-likeness (QED) is 0.236. The topological polar surface area (TPSA) is 29.3 Å². The molecule has 0 aliphatic rings. The van der Waals surface area contributed by atoms with Gasteiger partial charge in [0.2, 0.25) is 0 Å². The van der Waals surface area contributed by atoms with Crippen LogP contribution in [-0.4, -0.2) is 0 Å². The van der Waals surface area contributed by atoms with Crippen LogP contribution >= 0.6 is 0 Å². The molecule has 6 aromatic carbocycles. The lowest BCUT2D eigenvalue weighted by Crippen LogP contribution is -2.09. The van der Waals surface area contributed by atoms with E-state index in [0.717, 1.165) is 33.9 Å². The summed E-state index contributed by atoms with van der Waals surface area (Å²) in [5, 5.41) is 0. The first kappa shape index (κ1) is 23.3. The summed E-state index contributed by atoms with van der Waals surface area (Å²) in [5.74, 6) is 0. The van der Waals surface area contributed by atoms with Gasteiger partial charge in [-0.15, -0.1) is 0 Å². The molecule has 2 heteroatoms. The Bertz CT molecular complexity index is 1520. The molecule has 38 heavy (non-hydrogen) atoms. The maximum atomic E-state index is 5.89. The summed E-state index contributed by atoms with van der Waals surface area (Å²) in [7, 11) is 0. The molecule has 2 nitrogen and oxygen atoms in total. The smallest absolute Gasteiger partial charge is 0.0462 e. The van der Waals surface area contributed by atoms with Gasteiger partial charge in [-0.2, -0.15) is 0 Å². The Balaban J connectivity index is 1.38. The van der Waals surface area contributed by atoms with Crippen LogP contribution in [0, 0.1) is 0 Å². The van der Waals surface area contributed by atoms with E-state index >= 15 is 0 Å². The Kier molecular flexibility index (Phi) is 6.44. The van der Waals surface area contributed by atoms with Gasteiger partial charge in [0.1, 0.15) is 0 Å². The molecule has 0 unspecified atom stereocenters. The Labute approximate surface area is 224 Å². The Morgan fingerprint density at radius 2 is 0.553 bits per heavy atom. The van der Waals surface area contributed by atoms with E-state index in [1.807, 2.05) is 24.3 Å². The molecule has 6 rings (SSSR count). The van der Waals surface area contributed by atoms with Gasteiger partial charge in [-0.3, -0.25) is 0 Å². The molecule has 0 aromatic heterocycles. The molecule has 0 fully saturated rings. The van der Waals surface area contributed by atoms with E-state index in [1.54, 1.807) is 0 Å². The third kappa shape index (κ3) is 4.93. The van der Waals surface area contributed by atoms with Crippen molar-refractivity contribution in [2.75, 3.05) is 10.6 Å². The molecule has 182 valence electrons. The van der Waals surface area contributed by atoms with Gasteiger partial charge in [0, 0.05) is 22.7 Å². The Morgan fingerprint density at radius 3 is 0.868 bits per heavy atom. The lowest BCUT2D eigenvalue weighted by Gasteiger charge is -2.26. The van der Waals surface area contributed by atoms with Crippen LogP contribution in [0.1, 0.15) is 0 Å². The molecule has 0 saturated heterocycles. The third-order valence-electron chi connectivity index (χ3n) is 6.83. The molecule has 6 aromatic rings. The molecule has 0 aliphatic heterocycles. The average Bonchev–Trinajstić information content (AvgIpc) is 3.00. The number of nitrogens with zero attached hydrogens (tertiary/aromatic N) is 1. The molecule has 0 atom stereocenters. The second-order valence-corrected chi connectivity index (χ2v) is 9.33. The zero-order valence-electron chi connectivity index (χ0n) is 21.0. The average molecular weight is 489 g/mol. The highest BCUT2D eigenvalue weighted by molar-refractivity contribution is 5.81. The first-order chi connectivity index (χ1) is 18.7. The van der Waals surface area contributed by atoms with Crippen molar-refractivity contribution >= 4 is 22.7 Å². The summed E-state index contributed by atoms with van der Waals surface area (Å²) in [5.41, 5.74) is 17.1. The van der Waals surface area contributed by atoms with Crippen LogP contribution in [0.15, 0.2) is 158 Å². The highest BCUT2D eigenvalue weighted by Crippen LogP contribution is 2.37. The van der Waals surface area contributed by atoms with E-state index in [4.69, 9.17) is 5.73 Å². The molecule has 0 amide bonds. The van der Waals surface area contributed by atoms with Crippen molar-refractivity contribution in [3.63, 3.8) is 0 Å². The molecule has 0 spiro atoms. The van der Waals surface area contributed by atoms with Gasteiger partial charge in [-0.1, -0.05) is 109 Å². The van der Waals surface area contributed by atoms with E-state index in [1.165, 1.54) is 22.3 Å². The molecular weight excluding hydrogens is 460 g/mol. The van der Waals surface area contributed by atoms with Crippen molar-refractivity contribution < 1.29 is 0 Å². The normalized spacial score (nSPS) is 10.7. The van der Waals surface area contributed by atoms with Crippen molar-refractivity contribution in [2.24, 2.45) is 0 Å². The van der Waals surface area contributed by atoms with Gasteiger partial charge < -0.3 is 10.6 Å². The Hall–Kier alpha value is -5.08. The van der Waals surface area contributed by atoms with Crippen LogP contribution in [0.4, 0.5) is 22.7 Å². The standard InChI is InChI=1S/C36H28N2/c37-33-19-11-29(12-20-33)32-17-25-36(26-18-32)38(34-21-13-30(14-22-34)27-7-3-1-4-8-27)35-23-15-31(16-24-35)28-9-5-2-6-10-28/h1-26H,37H2. The first-order valence-corrected chi connectivity index (χ1v) is 12.8. The van der Waals surface area contributed by atoms with Crippen LogP contribution in [-0.2, 0) is 0 Å². The van der Waals surface area contributed by atoms with E-state index in [9.17, 15) is 0 Å². The fourth-order valence-corrected chi connectivity index (χ4v) is 4.79. The van der Waals surface area contributed by atoms with Crippen molar-refractivity contribution in [1.29, 1.82) is 0 Å². The lowest BCUT2D eigenvalue weighted by molar-refractivity contribution is 1.28. The molecule has 0 radical (unpaired) electrons. The second kappa shape index (κ2) is 10.5. The van der Waals surface area contributed by atoms with Crippen molar-refractivity contribution in [1.82, 2.24) is 0 Å². The minimum atomic E-state index is 0.773. The first-order valence-electron chi connectivity index (χ1n) is 12.8. The second-order valence-electron chi connectivity index (χ2n) is 9.33. The minimum absolute atomic E-state index is 0.773. The highest BCUT2D eigenvalue weighted by atomic mass is 15.1. The summed E-state index contributed by atoms with van der Waals surface area (Å²) < 4.78 is 0. The van der Waals surface area contributed by atoms with Gasteiger partial charge >= 0.3 is 0 Å². The number of anilines is 4. The lowest BCUT2D eigenvalue weighted by atomic mass is 10.0. The van der Waals surface area contributed by atoms with Crippen LogP contribution in [0.2, 0.25) is 0 Å². The van der Waals surface area contributed by atoms with Gasteiger partial charge in [0.25, 0.3) is 0 Å². The van der Waals surface area contributed by atoms with Crippen molar-refractivity contribution in [3.05, 3.63) is 158 Å². The maximum Gasteiger partial charge on any atom is 0.0462 e. The number of nitrogen functional groups attached to an aromatic ring is 1. The zero-order chi connectivity index (χ0) is 25.7. The van der Waals surface area contributed by atoms with E-state index < -0.39 is 0 Å². The molecule has 0 saturated carbocycles. The van der Waals surface area contributed by atoms with Crippen LogP contribution < -0.4 is 10.6 Å². The summed E-state index contributed by atoms with van der Waals surface area (Å²) in [4.78, 5) is 2.30. The SMILES string of the molecule is Nc1ccc(-c2ccc(N(c3ccc(-c4ccccc4)cc3)c3ccc(-c4ccccc4)cc3)cc2)cc1. The maximum absolute atomic E-state index is 5.89. The van der Waals surface area contributed by atoms with Crippen LogP contribution in [0.25, 0.3) is 33.4 Å². The summed E-state index contributed by atoms with van der Waals surface area (Å²) >= 11 is 0. The number of hydrogen-bond acceptors (Lipinski definition) is 2. The van der Waals surface area contributed by atoms with Gasteiger partial charge in [0.05, 0.1) is 0 Å². The summed E-state index contributed by atoms with van der Waals surface area (Å²) in [6.07, 6.45) is 0. The minimum Gasteiger partial charge on any atom is -0.399 e. The number of nitrogens with two attached hydrogens (primary N) is 1. The molecule has 2 N–H and O–H groups in total. The number of hydrogen-bond donors (Lipinski definition) is 1. The largest absolute Gasteiger partial charge is 0.399 e. The van der Waals surface area contributed by atoms with Crippen molar-refractivity contribution in [2.45, 2.75) is 0 Å². The number of benzene rings is 6. The van der Waals surface area contributed by atoms with Crippen LogP contribution in [0.3, 0.4) is 0 Å². The van der Waals surface area contributed by atoms with E-state index in [0.29, 0.717) is 0 Å². The molecule has 0 bridgehead atoms. The summed E-state index contributed by atoms with van der Waals surface area (Å²) in [6.45, 7) is 0. The van der Waals surface area contributed by atoms with E-state index in [2.05, 4.69) is 138 Å². The summed E-state index contributed by atoms with van der Waals surface area (Å²) in [6, 6.07) is 55.2. The van der Waals surface area contributed by atoms with Gasteiger partial charge in [-0.25, -0.2) is 0 Å². The molecule has 0 aliphatic carbocycles.